The second-order valence-corrected chi connectivity index (χ2v) is 8.45. The molecule has 0 bridgehead atoms. The Hall–Kier alpha value is -2.45. The number of alkyl halides is 6. The van der Waals surface area contributed by atoms with E-state index in [1.165, 1.54) is 19.2 Å². The Kier molecular flexibility index (Phi) is 10.9. The second-order valence-electron chi connectivity index (χ2n) is 8.45. The van der Waals surface area contributed by atoms with E-state index >= 15 is 0 Å². The van der Waals surface area contributed by atoms with Crippen molar-refractivity contribution in [2.45, 2.75) is 56.1 Å². The van der Waals surface area contributed by atoms with Crippen molar-refractivity contribution in [2.24, 2.45) is 5.73 Å². The number of aromatic nitrogens is 2. The van der Waals surface area contributed by atoms with Gasteiger partial charge in [-0.15, -0.1) is 0 Å². The first-order chi connectivity index (χ1) is 16.9. The quantitative estimate of drug-likeness (QED) is 0.390. The zero-order chi connectivity index (χ0) is 28.8. The van der Waals surface area contributed by atoms with Gasteiger partial charge in [-0.05, 0) is 43.9 Å². The van der Waals surface area contributed by atoms with Crippen molar-refractivity contribution in [3.05, 3.63) is 29.6 Å². The number of halogens is 6. The maximum absolute atomic E-state index is 13.1. The number of nitrogens with zero attached hydrogens (tertiary/aromatic N) is 2. The maximum atomic E-state index is 13.1. The van der Waals surface area contributed by atoms with Crippen LogP contribution in [0.1, 0.15) is 25.2 Å². The number of ether oxygens (including phenoxy) is 2. The molecular weight excluding hydrogens is 506 g/mol. The minimum atomic E-state index is -4.83. The van der Waals surface area contributed by atoms with E-state index in [2.05, 4.69) is 20.4 Å². The van der Waals surface area contributed by atoms with Crippen LogP contribution in [0.4, 0.5) is 31.1 Å². The van der Waals surface area contributed by atoms with Gasteiger partial charge >= 0.3 is 18.4 Å². The first-order valence-electron chi connectivity index (χ1n) is 10.8. The van der Waals surface area contributed by atoms with Gasteiger partial charge in [-0.25, -0.2) is 9.78 Å². The van der Waals surface area contributed by atoms with Gasteiger partial charge < -0.3 is 30.4 Å². The Morgan fingerprint density at radius 3 is 2.19 bits per heavy atom. The summed E-state index contributed by atoms with van der Waals surface area (Å²) in [6.45, 7) is 1.29. The third-order valence-electron chi connectivity index (χ3n) is 5.19. The van der Waals surface area contributed by atoms with Gasteiger partial charge in [-0.2, -0.15) is 26.3 Å². The Bertz CT molecular complexity index is 1030. The summed E-state index contributed by atoms with van der Waals surface area (Å²) in [5.74, 6) is 0.359. The van der Waals surface area contributed by atoms with E-state index in [9.17, 15) is 31.1 Å². The molecule has 1 aliphatic rings. The SMILES string of the molecule is CN.COC.[B]C1([B])C(C(F)(F)F)NC(=O)N1Cc1ccc2nc(CCOC(C)(C)C(F)(F)F)[nH]c2c1. The average Bonchev–Trinajstić information content (AvgIpc) is 3.27. The fraction of sp³-hybridized carbons (Fsp3) is 0.619. The summed E-state index contributed by atoms with van der Waals surface area (Å²) in [6, 6.07) is 1.12. The summed E-state index contributed by atoms with van der Waals surface area (Å²) >= 11 is 0. The number of methoxy groups -OCH3 is 1. The van der Waals surface area contributed by atoms with Gasteiger partial charge in [0.2, 0.25) is 0 Å². The van der Waals surface area contributed by atoms with Crippen molar-refractivity contribution in [1.29, 1.82) is 0 Å². The van der Waals surface area contributed by atoms with Gasteiger partial charge in [0, 0.05) is 27.2 Å². The number of hydrogen-bond donors (Lipinski definition) is 3. The fourth-order valence-corrected chi connectivity index (χ4v) is 3.20. The topological polar surface area (TPSA) is 106 Å². The average molecular weight is 535 g/mol. The van der Waals surface area contributed by atoms with Gasteiger partial charge in [0.15, 0.2) is 5.60 Å². The highest BCUT2D eigenvalue weighted by Crippen LogP contribution is 2.34. The molecule has 1 saturated heterocycles. The molecule has 3 rings (SSSR count). The van der Waals surface area contributed by atoms with Gasteiger partial charge in [-0.3, -0.25) is 0 Å². The molecule has 1 unspecified atom stereocenters. The van der Waals surface area contributed by atoms with Crippen molar-refractivity contribution >= 4 is 32.8 Å². The molecule has 2 heterocycles. The lowest BCUT2D eigenvalue weighted by atomic mass is 9.57. The second kappa shape index (κ2) is 12.4. The summed E-state index contributed by atoms with van der Waals surface area (Å²) in [5, 5.41) is -0.755. The van der Waals surface area contributed by atoms with E-state index in [4.69, 9.17) is 20.4 Å². The number of hydrogen-bond acceptors (Lipinski definition) is 5. The number of carbonyl (C=O) groups is 1. The third kappa shape index (κ3) is 8.01. The van der Waals surface area contributed by atoms with E-state index in [0.717, 1.165) is 13.8 Å². The van der Waals surface area contributed by atoms with Crippen LogP contribution in [0.2, 0.25) is 0 Å². The first kappa shape index (κ1) is 32.6. The molecule has 1 atom stereocenters. The molecule has 204 valence electrons. The highest BCUT2D eigenvalue weighted by Gasteiger charge is 2.57. The minimum Gasteiger partial charge on any atom is -0.388 e. The summed E-state index contributed by atoms with van der Waals surface area (Å²) in [7, 11) is 16.0. The fourth-order valence-electron chi connectivity index (χ4n) is 3.20. The van der Waals surface area contributed by atoms with Gasteiger partial charge in [0.25, 0.3) is 0 Å². The van der Waals surface area contributed by atoms with E-state index in [0.29, 0.717) is 27.3 Å². The summed E-state index contributed by atoms with van der Waals surface area (Å²) in [6.07, 6.45) is -9.29. The molecule has 2 aromatic rings. The Balaban J connectivity index is 0.00000127. The van der Waals surface area contributed by atoms with Crippen molar-refractivity contribution in [1.82, 2.24) is 20.2 Å². The monoisotopic (exact) mass is 535 g/mol. The van der Waals surface area contributed by atoms with E-state index in [-0.39, 0.29) is 19.6 Å². The molecule has 1 aromatic heterocycles. The van der Waals surface area contributed by atoms with Crippen molar-refractivity contribution in [3.8, 4) is 0 Å². The molecule has 37 heavy (non-hydrogen) atoms. The molecule has 2 amide bonds. The van der Waals surface area contributed by atoms with Crippen molar-refractivity contribution in [3.63, 3.8) is 0 Å². The van der Waals surface area contributed by atoms with Crippen LogP contribution in [0.5, 0.6) is 0 Å². The normalized spacial score (nSPS) is 17.6. The third-order valence-corrected chi connectivity index (χ3v) is 5.19. The van der Waals surface area contributed by atoms with Crippen LogP contribution in [-0.2, 0) is 22.4 Å². The lowest BCUT2D eigenvalue weighted by molar-refractivity contribution is -0.263. The number of benzene rings is 1. The van der Waals surface area contributed by atoms with E-state index < -0.39 is 35.4 Å². The number of amides is 2. The summed E-state index contributed by atoms with van der Waals surface area (Å²) in [4.78, 5) is 19.9. The number of fused-ring (bicyclic) bond motifs is 1. The number of nitrogens with two attached hydrogens (primary N) is 1. The number of H-pyrrole nitrogens is 1. The Morgan fingerprint density at radius 2 is 1.70 bits per heavy atom. The number of carbonyl (C=O) groups excluding carboxylic acids is 1. The van der Waals surface area contributed by atoms with E-state index in [1.54, 1.807) is 25.6 Å². The van der Waals surface area contributed by atoms with Crippen LogP contribution in [0.25, 0.3) is 11.0 Å². The molecule has 8 nitrogen and oxygen atoms in total. The van der Waals surface area contributed by atoms with Gasteiger partial charge in [0.05, 0.1) is 33.3 Å². The predicted molar refractivity (Wildman–Crippen MR) is 127 cm³/mol. The van der Waals surface area contributed by atoms with Crippen LogP contribution in [0.3, 0.4) is 0 Å². The molecule has 0 aliphatic carbocycles. The zero-order valence-electron chi connectivity index (χ0n) is 21.0. The largest absolute Gasteiger partial charge is 0.416 e. The molecule has 0 spiro atoms. The molecule has 4 N–H and O–H groups in total. The molecule has 1 aromatic carbocycles. The van der Waals surface area contributed by atoms with Crippen LogP contribution in [0.15, 0.2) is 18.2 Å². The highest BCUT2D eigenvalue weighted by atomic mass is 19.4. The number of aromatic amines is 1. The molecule has 16 heteroatoms. The maximum Gasteiger partial charge on any atom is 0.416 e. The number of rotatable bonds is 6. The number of nitrogens with one attached hydrogen (secondary N) is 2. The summed E-state index contributed by atoms with van der Waals surface area (Å²) < 4.78 is 87.0. The predicted octanol–water partition coefficient (Wildman–Crippen LogP) is 2.75. The molecule has 1 aliphatic heterocycles. The van der Waals surface area contributed by atoms with Crippen LogP contribution in [-0.4, -0.2) is 93.8 Å². The molecule has 4 radical (unpaired) electrons. The molecule has 1 fully saturated rings. The lowest BCUT2D eigenvalue weighted by Gasteiger charge is -2.36. The zero-order valence-corrected chi connectivity index (χ0v) is 21.0. The Morgan fingerprint density at radius 1 is 1.14 bits per heavy atom. The first-order valence-corrected chi connectivity index (χ1v) is 10.8. The van der Waals surface area contributed by atoms with Crippen molar-refractivity contribution in [2.75, 3.05) is 27.9 Å². The molecular formula is C21H29B2F6N5O3. The number of imidazole rings is 1. The van der Waals surface area contributed by atoms with Gasteiger partial charge in [0.1, 0.15) is 11.9 Å². The minimum absolute atomic E-state index is 0.0695. The van der Waals surface area contributed by atoms with E-state index in [1.807, 2.05) is 0 Å². The van der Waals surface area contributed by atoms with Crippen molar-refractivity contribution < 1.29 is 40.6 Å². The number of urea groups is 1. The highest BCUT2D eigenvalue weighted by molar-refractivity contribution is 6.42. The van der Waals surface area contributed by atoms with Crippen LogP contribution in [0, 0.1) is 0 Å². The Labute approximate surface area is 213 Å². The summed E-state index contributed by atoms with van der Waals surface area (Å²) in [5.41, 5.74) is 3.55. The molecule has 0 saturated carbocycles. The standard InChI is InChI=1S/C18H18B2F6N4O2.C2H6O.CH5N/c1-15(2,18(24,25)26)32-6-5-12-27-10-4-3-9(7-11(10)28-12)8-30-14(31)29-13(16(30,19)20)17(21,22)23;1-3-2;1-2/h3-4,7,13H,5-6,8H2,1-2H3,(H,27,28)(H,29,31);1-2H3;2H2,1H3. The van der Waals surface area contributed by atoms with Crippen LogP contribution >= 0.6 is 0 Å². The lowest BCUT2D eigenvalue weighted by Crippen LogP contribution is -2.58. The van der Waals surface area contributed by atoms with Gasteiger partial charge in [-0.1, -0.05) is 6.07 Å². The van der Waals surface area contributed by atoms with Crippen LogP contribution < -0.4 is 11.1 Å². The smallest absolute Gasteiger partial charge is 0.388 e.